The lowest BCUT2D eigenvalue weighted by molar-refractivity contribution is -0.137. The first-order valence-electron chi connectivity index (χ1n) is 8.30. The summed E-state index contributed by atoms with van der Waals surface area (Å²) in [7, 11) is 0. The number of aromatic nitrogens is 1. The van der Waals surface area contributed by atoms with E-state index in [9.17, 15) is 13.2 Å². The van der Waals surface area contributed by atoms with Gasteiger partial charge in [0.05, 0.1) is 11.1 Å². The largest absolute Gasteiger partial charge is 0.416 e. The van der Waals surface area contributed by atoms with Crippen LogP contribution in [0.2, 0.25) is 0 Å². The molecule has 1 aromatic carbocycles. The molecule has 0 radical (unpaired) electrons. The molecule has 6 heteroatoms. The number of pyridine rings is 1. The molecular weight excluding hydrogens is 315 g/mol. The smallest absolute Gasteiger partial charge is 0.384 e. The van der Waals surface area contributed by atoms with Gasteiger partial charge in [0.25, 0.3) is 0 Å². The molecule has 0 amide bonds. The number of anilines is 1. The summed E-state index contributed by atoms with van der Waals surface area (Å²) in [6.07, 6.45) is -3.37. The van der Waals surface area contributed by atoms with E-state index in [2.05, 4.69) is 29.0 Å². The van der Waals surface area contributed by atoms with Crippen molar-refractivity contribution in [3.63, 3.8) is 0 Å². The fraction of sp³-hybridized carbons (Fsp3) is 0.500. The van der Waals surface area contributed by atoms with E-state index in [1.165, 1.54) is 6.07 Å². The number of nitrogens with zero attached hydrogens (tertiary/aromatic N) is 2. The first-order chi connectivity index (χ1) is 11.3. The quantitative estimate of drug-likeness (QED) is 0.741. The van der Waals surface area contributed by atoms with Crippen molar-refractivity contribution in [3.05, 3.63) is 35.5 Å². The molecule has 1 heterocycles. The average molecular weight is 339 g/mol. The SMILES string of the molecule is CCN(CC)CCCNc1cc(C)nc2cc(C(F)(F)F)ccc12. The summed E-state index contributed by atoms with van der Waals surface area (Å²) in [5, 5.41) is 4.06. The zero-order chi connectivity index (χ0) is 17.7. The standard InChI is InChI=1S/C18H24F3N3/c1-4-24(5-2)10-6-9-22-16-11-13(3)23-17-12-14(18(19,20)21)7-8-15(16)17/h7-8,11-12H,4-6,9-10H2,1-3H3,(H,22,23). The molecular formula is C18H24F3N3. The van der Waals surface area contributed by atoms with Crippen molar-refractivity contribution in [1.82, 2.24) is 9.88 Å². The lowest BCUT2D eigenvalue weighted by Gasteiger charge is -2.18. The molecule has 3 nitrogen and oxygen atoms in total. The van der Waals surface area contributed by atoms with Gasteiger partial charge in [-0.1, -0.05) is 19.9 Å². The predicted molar refractivity (Wildman–Crippen MR) is 92.4 cm³/mol. The van der Waals surface area contributed by atoms with Crippen molar-refractivity contribution in [2.24, 2.45) is 0 Å². The van der Waals surface area contributed by atoms with Crippen LogP contribution in [0.1, 0.15) is 31.5 Å². The summed E-state index contributed by atoms with van der Waals surface area (Å²) in [6.45, 7) is 9.88. The lowest BCUT2D eigenvalue weighted by Crippen LogP contribution is -2.25. The second-order valence-corrected chi connectivity index (χ2v) is 5.85. The van der Waals surface area contributed by atoms with E-state index in [0.29, 0.717) is 11.2 Å². The third-order valence-corrected chi connectivity index (χ3v) is 4.13. The van der Waals surface area contributed by atoms with E-state index in [-0.39, 0.29) is 0 Å². The van der Waals surface area contributed by atoms with E-state index in [4.69, 9.17) is 0 Å². The molecule has 24 heavy (non-hydrogen) atoms. The molecule has 1 N–H and O–H groups in total. The first-order valence-corrected chi connectivity index (χ1v) is 8.30. The maximum Gasteiger partial charge on any atom is 0.416 e. The van der Waals surface area contributed by atoms with Gasteiger partial charge in [-0.25, -0.2) is 0 Å². The van der Waals surface area contributed by atoms with Crippen molar-refractivity contribution < 1.29 is 13.2 Å². The molecule has 2 rings (SSSR count). The van der Waals surface area contributed by atoms with E-state index in [1.807, 2.05) is 6.07 Å². The second-order valence-electron chi connectivity index (χ2n) is 5.85. The van der Waals surface area contributed by atoms with E-state index >= 15 is 0 Å². The van der Waals surface area contributed by atoms with Crippen LogP contribution in [0.15, 0.2) is 24.3 Å². The lowest BCUT2D eigenvalue weighted by atomic mass is 10.1. The molecule has 2 aromatic rings. The Labute approximate surface area is 140 Å². The van der Waals surface area contributed by atoms with Gasteiger partial charge in [0.15, 0.2) is 0 Å². The number of hydrogen-bond acceptors (Lipinski definition) is 3. The summed E-state index contributed by atoms with van der Waals surface area (Å²) in [5.41, 5.74) is 1.25. The molecule has 0 spiro atoms. The van der Waals surface area contributed by atoms with E-state index in [1.54, 1.807) is 6.92 Å². The molecule has 0 fully saturated rings. The molecule has 0 saturated heterocycles. The highest BCUT2D eigenvalue weighted by atomic mass is 19.4. The Morgan fingerprint density at radius 3 is 2.46 bits per heavy atom. The number of hydrogen-bond donors (Lipinski definition) is 1. The zero-order valence-electron chi connectivity index (χ0n) is 14.4. The minimum atomic E-state index is -4.35. The number of fused-ring (bicyclic) bond motifs is 1. The molecule has 0 bridgehead atoms. The fourth-order valence-corrected chi connectivity index (χ4v) is 2.75. The van der Waals surface area contributed by atoms with Gasteiger partial charge in [0.2, 0.25) is 0 Å². The number of nitrogens with one attached hydrogen (secondary N) is 1. The van der Waals surface area contributed by atoms with E-state index in [0.717, 1.165) is 55.8 Å². The van der Waals surface area contributed by atoms with Crippen molar-refractivity contribution in [3.8, 4) is 0 Å². The van der Waals surface area contributed by atoms with Crippen LogP contribution in [-0.2, 0) is 6.18 Å². The average Bonchev–Trinajstić information content (AvgIpc) is 2.53. The minimum absolute atomic E-state index is 0.371. The minimum Gasteiger partial charge on any atom is -0.384 e. The number of aryl methyl sites for hydroxylation is 1. The summed E-state index contributed by atoms with van der Waals surface area (Å²) in [5.74, 6) is 0. The van der Waals surface area contributed by atoms with Gasteiger partial charge in [-0.05, 0) is 51.2 Å². The van der Waals surface area contributed by atoms with Crippen LogP contribution >= 0.6 is 0 Å². The van der Waals surface area contributed by atoms with Gasteiger partial charge in [0, 0.05) is 23.3 Å². The Morgan fingerprint density at radius 1 is 1.12 bits per heavy atom. The molecule has 0 aliphatic carbocycles. The molecule has 132 valence electrons. The van der Waals surface area contributed by atoms with Gasteiger partial charge in [-0.2, -0.15) is 13.2 Å². The Hall–Kier alpha value is -1.82. The van der Waals surface area contributed by atoms with Crippen LogP contribution in [-0.4, -0.2) is 36.1 Å². The van der Waals surface area contributed by atoms with Gasteiger partial charge in [0.1, 0.15) is 0 Å². The Bertz CT molecular complexity index is 679. The molecule has 0 aliphatic heterocycles. The molecule has 0 saturated carbocycles. The maximum absolute atomic E-state index is 12.9. The summed E-state index contributed by atoms with van der Waals surface area (Å²) in [4.78, 5) is 6.59. The zero-order valence-corrected chi connectivity index (χ0v) is 14.4. The van der Waals surface area contributed by atoms with Crippen molar-refractivity contribution in [2.45, 2.75) is 33.4 Å². The molecule has 1 aromatic heterocycles. The van der Waals surface area contributed by atoms with Crippen LogP contribution in [0.5, 0.6) is 0 Å². The third-order valence-electron chi connectivity index (χ3n) is 4.13. The highest BCUT2D eigenvalue weighted by Gasteiger charge is 2.30. The van der Waals surface area contributed by atoms with Gasteiger partial charge in [-0.15, -0.1) is 0 Å². The number of halogens is 3. The van der Waals surface area contributed by atoms with Crippen LogP contribution < -0.4 is 5.32 Å². The van der Waals surface area contributed by atoms with Crippen LogP contribution in [0.4, 0.5) is 18.9 Å². The van der Waals surface area contributed by atoms with Gasteiger partial charge >= 0.3 is 6.18 Å². The first kappa shape index (κ1) is 18.5. The summed E-state index contributed by atoms with van der Waals surface area (Å²) >= 11 is 0. The van der Waals surface area contributed by atoms with Crippen LogP contribution in [0, 0.1) is 6.92 Å². The number of alkyl halides is 3. The van der Waals surface area contributed by atoms with Gasteiger partial charge < -0.3 is 10.2 Å². The Balaban J connectivity index is 2.15. The predicted octanol–water partition coefficient (Wildman–Crippen LogP) is 4.71. The topological polar surface area (TPSA) is 28.2 Å². The van der Waals surface area contributed by atoms with Crippen molar-refractivity contribution in [1.29, 1.82) is 0 Å². The van der Waals surface area contributed by atoms with Crippen LogP contribution in [0.25, 0.3) is 10.9 Å². The summed E-state index contributed by atoms with van der Waals surface area (Å²) in [6, 6.07) is 5.61. The van der Waals surface area contributed by atoms with Gasteiger partial charge in [-0.3, -0.25) is 4.98 Å². The maximum atomic E-state index is 12.9. The Kier molecular flexibility index (Phi) is 6.04. The fourth-order valence-electron chi connectivity index (χ4n) is 2.75. The Morgan fingerprint density at radius 2 is 1.83 bits per heavy atom. The van der Waals surface area contributed by atoms with E-state index < -0.39 is 11.7 Å². The number of rotatable bonds is 7. The molecule has 0 aliphatic rings. The third kappa shape index (κ3) is 4.60. The normalized spacial score (nSPS) is 12.1. The van der Waals surface area contributed by atoms with Crippen LogP contribution in [0.3, 0.4) is 0 Å². The highest BCUT2D eigenvalue weighted by Crippen LogP contribution is 2.33. The highest BCUT2D eigenvalue weighted by molar-refractivity contribution is 5.92. The van der Waals surface area contributed by atoms with Crippen molar-refractivity contribution in [2.75, 3.05) is 31.5 Å². The number of benzene rings is 1. The second kappa shape index (κ2) is 7.83. The summed E-state index contributed by atoms with van der Waals surface area (Å²) < 4.78 is 38.6. The molecule has 0 atom stereocenters. The van der Waals surface area contributed by atoms with Crippen molar-refractivity contribution >= 4 is 16.6 Å². The molecule has 0 unspecified atom stereocenters. The monoisotopic (exact) mass is 339 g/mol.